The number of H-pyrrole nitrogens is 1. The molecule has 0 radical (unpaired) electrons. The van der Waals surface area contributed by atoms with E-state index in [1.165, 1.54) is 29.2 Å². The van der Waals surface area contributed by atoms with Crippen molar-refractivity contribution in [2.75, 3.05) is 6.26 Å². The van der Waals surface area contributed by atoms with Crippen LogP contribution in [0.1, 0.15) is 40.0 Å². The van der Waals surface area contributed by atoms with E-state index in [1.807, 2.05) is 25.5 Å². The minimum atomic E-state index is -0.374. The second-order valence-electron chi connectivity index (χ2n) is 4.50. The highest BCUT2D eigenvalue weighted by Gasteiger charge is 2.15. The Labute approximate surface area is 130 Å². The molecule has 0 fully saturated rings. The van der Waals surface area contributed by atoms with Crippen molar-refractivity contribution in [2.24, 2.45) is 0 Å². The summed E-state index contributed by atoms with van der Waals surface area (Å²) in [6.45, 7) is 3.76. The number of thiazole rings is 1. The highest BCUT2D eigenvalue weighted by molar-refractivity contribution is 7.97. The Morgan fingerprint density at radius 2 is 2.29 bits per heavy atom. The number of aryl methyl sites for hydroxylation is 1. The highest BCUT2D eigenvalue weighted by Crippen LogP contribution is 2.16. The highest BCUT2D eigenvalue weighted by atomic mass is 32.2. The van der Waals surface area contributed by atoms with E-state index in [1.54, 1.807) is 0 Å². The van der Waals surface area contributed by atoms with Gasteiger partial charge in [-0.15, -0.1) is 11.3 Å². The quantitative estimate of drug-likeness (QED) is 0.877. The molecular weight excluding hydrogens is 308 g/mol. The first kappa shape index (κ1) is 15.7. The molecule has 0 saturated carbocycles. The van der Waals surface area contributed by atoms with Gasteiger partial charge in [-0.2, -0.15) is 11.8 Å². The SMILES string of the molecule is CSCc1nc(C(=O)NC(C)c2csc(C)n2)cc(=O)[nH]1. The van der Waals surface area contributed by atoms with E-state index in [2.05, 4.69) is 20.3 Å². The fourth-order valence-electron chi connectivity index (χ4n) is 1.75. The molecule has 21 heavy (non-hydrogen) atoms. The summed E-state index contributed by atoms with van der Waals surface area (Å²) >= 11 is 3.06. The number of thioether (sulfide) groups is 1. The zero-order valence-corrected chi connectivity index (χ0v) is 13.6. The van der Waals surface area contributed by atoms with Crippen molar-refractivity contribution in [1.82, 2.24) is 20.3 Å². The zero-order chi connectivity index (χ0) is 15.4. The summed E-state index contributed by atoms with van der Waals surface area (Å²) in [4.78, 5) is 34.9. The summed E-state index contributed by atoms with van der Waals surface area (Å²) in [6.07, 6.45) is 1.90. The molecule has 0 aliphatic carbocycles. The van der Waals surface area contributed by atoms with Crippen LogP contribution in [-0.4, -0.2) is 27.1 Å². The zero-order valence-electron chi connectivity index (χ0n) is 12.0. The van der Waals surface area contributed by atoms with Crippen molar-refractivity contribution in [3.63, 3.8) is 0 Å². The topological polar surface area (TPSA) is 87.7 Å². The summed E-state index contributed by atoms with van der Waals surface area (Å²) in [5, 5.41) is 5.66. The summed E-state index contributed by atoms with van der Waals surface area (Å²) < 4.78 is 0. The fraction of sp³-hybridized carbons (Fsp3) is 0.385. The van der Waals surface area contributed by atoms with E-state index in [0.717, 1.165) is 10.7 Å². The lowest BCUT2D eigenvalue weighted by Gasteiger charge is -2.11. The largest absolute Gasteiger partial charge is 0.343 e. The third-order valence-electron chi connectivity index (χ3n) is 2.73. The second-order valence-corrected chi connectivity index (χ2v) is 6.43. The Balaban J connectivity index is 2.14. The van der Waals surface area contributed by atoms with E-state index in [0.29, 0.717) is 11.6 Å². The van der Waals surface area contributed by atoms with E-state index < -0.39 is 0 Å². The molecule has 2 aromatic rings. The maximum Gasteiger partial charge on any atom is 0.270 e. The van der Waals surface area contributed by atoms with Crippen LogP contribution in [0.25, 0.3) is 0 Å². The van der Waals surface area contributed by atoms with Gasteiger partial charge in [-0.1, -0.05) is 0 Å². The van der Waals surface area contributed by atoms with Crippen LogP contribution < -0.4 is 10.9 Å². The molecule has 8 heteroatoms. The molecule has 2 heterocycles. The van der Waals surface area contributed by atoms with Crippen LogP contribution in [-0.2, 0) is 5.75 Å². The van der Waals surface area contributed by atoms with Gasteiger partial charge in [0.15, 0.2) is 0 Å². The van der Waals surface area contributed by atoms with E-state index in [9.17, 15) is 9.59 Å². The van der Waals surface area contributed by atoms with E-state index in [4.69, 9.17) is 0 Å². The molecular formula is C13H16N4O2S2. The van der Waals surface area contributed by atoms with Crippen molar-refractivity contribution < 1.29 is 4.79 Å². The van der Waals surface area contributed by atoms with Gasteiger partial charge in [0.2, 0.25) is 0 Å². The third-order valence-corrected chi connectivity index (χ3v) is 4.09. The Hall–Kier alpha value is -1.67. The summed E-state index contributed by atoms with van der Waals surface area (Å²) in [6, 6.07) is 0.977. The van der Waals surface area contributed by atoms with Crippen LogP contribution in [0.2, 0.25) is 0 Å². The molecule has 0 saturated heterocycles. The molecule has 0 aliphatic heterocycles. The summed E-state index contributed by atoms with van der Waals surface area (Å²) in [5.41, 5.74) is 0.609. The lowest BCUT2D eigenvalue weighted by molar-refractivity contribution is 0.0933. The van der Waals surface area contributed by atoms with Gasteiger partial charge >= 0.3 is 0 Å². The van der Waals surface area contributed by atoms with Gasteiger partial charge in [0.05, 0.1) is 22.5 Å². The second kappa shape index (κ2) is 6.86. The standard InChI is InChI=1S/C13H16N4O2S2/c1-7(10-5-21-8(2)15-10)14-13(19)9-4-12(18)17-11(16-9)6-20-3/h4-5,7H,6H2,1-3H3,(H,14,19)(H,16,17,18). The van der Waals surface area contributed by atoms with Crippen molar-refractivity contribution in [2.45, 2.75) is 25.6 Å². The van der Waals surface area contributed by atoms with Crippen LogP contribution in [0.3, 0.4) is 0 Å². The van der Waals surface area contributed by atoms with E-state index in [-0.39, 0.29) is 23.2 Å². The minimum absolute atomic E-state index is 0.126. The van der Waals surface area contributed by atoms with Crippen LogP contribution >= 0.6 is 23.1 Å². The number of hydrogen-bond acceptors (Lipinski definition) is 6. The normalized spacial score (nSPS) is 12.1. The van der Waals surface area contributed by atoms with Gasteiger partial charge in [0.1, 0.15) is 11.5 Å². The first-order valence-corrected chi connectivity index (χ1v) is 8.59. The minimum Gasteiger partial charge on any atom is -0.343 e. The molecule has 0 aromatic carbocycles. The number of hydrogen-bond donors (Lipinski definition) is 2. The predicted octanol–water partition coefficient (Wildman–Crippen LogP) is 1.89. The predicted molar refractivity (Wildman–Crippen MR) is 84.8 cm³/mol. The lowest BCUT2D eigenvalue weighted by Crippen LogP contribution is -2.29. The van der Waals surface area contributed by atoms with Crippen molar-refractivity contribution in [1.29, 1.82) is 0 Å². The van der Waals surface area contributed by atoms with Gasteiger partial charge in [-0.05, 0) is 20.1 Å². The smallest absolute Gasteiger partial charge is 0.270 e. The number of nitrogens with one attached hydrogen (secondary N) is 2. The molecule has 6 nitrogen and oxygen atoms in total. The molecule has 2 N–H and O–H groups in total. The van der Waals surface area contributed by atoms with Gasteiger partial charge in [-0.3, -0.25) is 9.59 Å². The average Bonchev–Trinajstić information content (AvgIpc) is 2.85. The Morgan fingerprint density at radius 3 is 2.90 bits per heavy atom. The third kappa shape index (κ3) is 4.15. The van der Waals surface area contributed by atoms with Crippen LogP contribution in [0, 0.1) is 6.92 Å². The Kier molecular flexibility index (Phi) is 5.13. The van der Waals surface area contributed by atoms with Crippen molar-refractivity contribution in [3.05, 3.63) is 44.0 Å². The molecule has 1 atom stereocenters. The molecule has 0 bridgehead atoms. The molecule has 0 spiro atoms. The van der Waals surface area contributed by atoms with Crippen molar-refractivity contribution in [3.8, 4) is 0 Å². The maximum absolute atomic E-state index is 12.2. The molecule has 1 unspecified atom stereocenters. The molecule has 2 aromatic heterocycles. The number of aromatic amines is 1. The molecule has 1 amide bonds. The number of amides is 1. The monoisotopic (exact) mass is 324 g/mol. The number of carbonyl (C=O) groups excluding carboxylic acids is 1. The number of nitrogens with zero attached hydrogens (tertiary/aromatic N) is 2. The number of carbonyl (C=O) groups is 1. The Bertz CT molecular complexity index is 695. The maximum atomic E-state index is 12.2. The average molecular weight is 324 g/mol. The summed E-state index contributed by atoms with van der Waals surface area (Å²) in [5.74, 6) is 0.677. The first-order valence-electron chi connectivity index (χ1n) is 6.31. The number of rotatable bonds is 5. The van der Waals surface area contributed by atoms with Gasteiger partial charge in [0, 0.05) is 11.4 Å². The molecule has 112 valence electrons. The van der Waals surface area contributed by atoms with Crippen LogP contribution in [0.5, 0.6) is 0 Å². The van der Waals surface area contributed by atoms with Crippen LogP contribution in [0.15, 0.2) is 16.2 Å². The van der Waals surface area contributed by atoms with Gasteiger partial charge in [-0.25, -0.2) is 9.97 Å². The van der Waals surface area contributed by atoms with Gasteiger partial charge in [0.25, 0.3) is 11.5 Å². The summed E-state index contributed by atoms with van der Waals surface area (Å²) in [7, 11) is 0. The number of aromatic nitrogens is 3. The van der Waals surface area contributed by atoms with Crippen molar-refractivity contribution >= 4 is 29.0 Å². The lowest BCUT2D eigenvalue weighted by atomic mass is 10.2. The van der Waals surface area contributed by atoms with E-state index >= 15 is 0 Å². The van der Waals surface area contributed by atoms with Gasteiger partial charge < -0.3 is 10.3 Å². The Morgan fingerprint density at radius 1 is 1.52 bits per heavy atom. The molecule has 2 rings (SSSR count). The first-order chi connectivity index (χ1) is 9.99. The van der Waals surface area contributed by atoms with Crippen LogP contribution in [0.4, 0.5) is 0 Å². The molecule has 0 aliphatic rings. The fourth-order valence-corrected chi connectivity index (χ4v) is 2.87.